The maximum absolute atomic E-state index is 12.0. The van der Waals surface area contributed by atoms with Crippen LogP contribution in [0.5, 0.6) is 5.75 Å². The van der Waals surface area contributed by atoms with Crippen molar-refractivity contribution in [1.29, 1.82) is 5.26 Å². The molecule has 3 amide bonds. The Morgan fingerprint density at radius 1 is 1.22 bits per heavy atom. The number of nitriles is 1. The van der Waals surface area contributed by atoms with Gasteiger partial charge in [0.15, 0.2) is 6.19 Å². The van der Waals surface area contributed by atoms with Crippen LogP contribution in [0.15, 0.2) is 36.4 Å². The van der Waals surface area contributed by atoms with E-state index >= 15 is 0 Å². The molecule has 1 aromatic rings. The Bertz CT molecular complexity index is 661. The average molecular weight is 317 g/mol. The van der Waals surface area contributed by atoms with Gasteiger partial charge in [-0.1, -0.05) is 12.1 Å². The number of amides is 3. The fourth-order valence-corrected chi connectivity index (χ4v) is 1.66. The van der Waals surface area contributed by atoms with Crippen molar-refractivity contribution in [2.75, 3.05) is 13.6 Å². The second kappa shape index (κ2) is 8.19. The van der Waals surface area contributed by atoms with Crippen LogP contribution in [0.4, 0.5) is 4.79 Å². The molecule has 0 aliphatic rings. The lowest BCUT2D eigenvalue weighted by atomic mass is 10.1. The molecule has 0 aliphatic heterocycles. The molecule has 0 unspecified atom stereocenters. The van der Waals surface area contributed by atoms with Crippen LogP contribution in [0.1, 0.15) is 5.56 Å². The molecular formula is C15H15N3O5. The minimum atomic E-state index is -1.32. The van der Waals surface area contributed by atoms with Gasteiger partial charge < -0.3 is 10.2 Å². The smallest absolute Gasteiger partial charge is 0.339 e. The lowest BCUT2D eigenvalue weighted by Gasteiger charge is -2.21. The summed E-state index contributed by atoms with van der Waals surface area (Å²) in [5.41, 5.74) is 0.759. The fourth-order valence-electron chi connectivity index (χ4n) is 1.66. The Balaban J connectivity index is 2.88. The lowest BCUT2D eigenvalue weighted by molar-refractivity contribution is -0.132. The molecule has 8 heteroatoms. The highest BCUT2D eigenvalue weighted by molar-refractivity contribution is 6.02. The molecule has 0 atom stereocenters. The van der Waals surface area contributed by atoms with Gasteiger partial charge in [-0.25, -0.2) is 14.5 Å². The van der Waals surface area contributed by atoms with Crippen LogP contribution in [0.25, 0.3) is 0 Å². The molecule has 0 aliphatic carbocycles. The molecule has 8 nitrogen and oxygen atoms in total. The first kappa shape index (κ1) is 17.7. The third kappa shape index (κ3) is 5.51. The zero-order chi connectivity index (χ0) is 17.4. The van der Waals surface area contributed by atoms with Crippen molar-refractivity contribution in [3.05, 3.63) is 42.0 Å². The number of phenols is 1. The van der Waals surface area contributed by atoms with Crippen molar-refractivity contribution in [1.82, 2.24) is 9.80 Å². The molecule has 2 N–H and O–H groups in total. The number of phenolic OH excluding ortho intramolecular Hbond substituents is 1. The normalized spacial score (nSPS) is 10.1. The molecule has 0 fully saturated rings. The van der Waals surface area contributed by atoms with Crippen LogP contribution in [-0.4, -0.2) is 51.5 Å². The van der Waals surface area contributed by atoms with Crippen molar-refractivity contribution >= 4 is 17.9 Å². The average Bonchev–Trinajstić information content (AvgIpc) is 2.53. The van der Waals surface area contributed by atoms with Crippen LogP contribution < -0.4 is 0 Å². The summed E-state index contributed by atoms with van der Waals surface area (Å²) in [4.78, 5) is 35.9. The number of carbonyl (C=O) groups is 3. The van der Waals surface area contributed by atoms with Gasteiger partial charge in [-0.05, 0) is 24.1 Å². The Hall–Kier alpha value is -3.34. The van der Waals surface area contributed by atoms with Crippen LogP contribution in [-0.2, 0) is 16.0 Å². The second-order valence-corrected chi connectivity index (χ2v) is 4.52. The maximum Gasteiger partial charge on any atom is 0.339 e. The number of hydrogen-bond donors (Lipinski definition) is 2. The summed E-state index contributed by atoms with van der Waals surface area (Å²) >= 11 is 0. The van der Waals surface area contributed by atoms with Gasteiger partial charge in [-0.15, -0.1) is 0 Å². The number of aliphatic carboxylic acids is 1. The minimum absolute atomic E-state index is 0.0432. The van der Waals surface area contributed by atoms with E-state index in [4.69, 9.17) is 10.4 Å². The van der Waals surface area contributed by atoms with Crippen molar-refractivity contribution in [3.63, 3.8) is 0 Å². The van der Waals surface area contributed by atoms with E-state index in [1.165, 1.54) is 19.2 Å². The Morgan fingerprint density at radius 2 is 1.83 bits per heavy atom. The summed E-state index contributed by atoms with van der Waals surface area (Å²) in [6, 6.07) is 5.34. The molecule has 0 radical (unpaired) electrons. The molecule has 23 heavy (non-hydrogen) atoms. The van der Waals surface area contributed by atoms with Crippen LogP contribution in [0, 0.1) is 11.5 Å². The first-order chi connectivity index (χ1) is 10.8. The number of carboxylic acids is 1. The van der Waals surface area contributed by atoms with Gasteiger partial charge in [0.25, 0.3) is 5.91 Å². The van der Waals surface area contributed by atoms with E-state index < -0.39 is 17.9 Å². The number of benzene rings is 1. The highest BCUT2D eigenvalue weighted by Crippen LogP contribution is 2.11. The van der Waals surface area contributed by atoms with Crippen molar-refractivity contribution in [2.45, 2.75) is 6.42 Å². The largest absolute Gasteiger partial charge is 0.508 e. The molecule has 0 heterocycles. The summed E-state index contributed by atoms with van der Waals surface area (Å²) < 4.78 is 0. The number of aromatic hydroxyl groups is 1. The van der Waals surface area contributed by atoms with Gasteiger partial charge >= 0.3 is 12.0 Å². The summed E-state index contributed by atoms with van der Waals surface area (Å²) in [7, 11) is 1.20. The molecule has 0 spiro atoms. The van der Waals surface area contributed by atoms with Crippen LogP contribution in [0.3, 0.4) is 0 Å². The van der Waals surface area contributed by atoms with E-state index in [1.54, 1.807) is 18.3 Å². The first-order valence-electron chi connectivity index (χ1n) is 6.53. The number of nitrogens with zero attached hydrogens (tertiary/aromatic N) is 3. The van der Waals surface area contributed by atoms with E-state index in [0.29, 0.717) is 11.0 Å². The van der Waals surface area contributed by atoms with Gasteiger partial charge in [0.1, 0.15) is 5.75 Å². The monoisotopic (exact) mass is 317 g/mol. The lowest BCUT2D eigenvalue weighted by Crippen LogP contribution is -2.43. The van der Waals surface area contributed by atoms with E-state index in [1.807, 2.05) is 0 Å². The van der Waals surface area contributed by atoms with Gasteiger partial charge in [-0.2, -0.15) is 5.26 Å². The summed E-state index contributed by atoms with van der Waals surface area (Å²) in [6.45, 7) is -0.0432. The number of imide groups is 1. The number of carbonyl (C=O) groups excluding carboxylic acids is 2. The summed E-state index contributed by atoms with van der Waals surface area (Å²) in [5.74, 6) is -2.07. The quantitative estimate of drug-likeness (QED) is 0.473. The van der Waals surface area contributed by atoms with Gasteiger partial charge in [0.2, 0.25) is 0 Å². The molecule has 1 rings (SSSR count). The predicted molar refractivity (Wildman–Crippen MR) is 79.1 cm³/mol. The summed E-state index contributed by atoms with van der Waals surface area (Å²) in [6.07, 6.45) is 3.25. The number of hydrogen-bond acceptors (Lipinski definition) is 5. The predicted octanol–water partition coefficient (Wildman–Crippen LogP) is 0.937. The topological polar surface area (TPSA) is 122 Å². The third-order valence-corrected chi connectivity index (χ3v) is 2.86. The molecule has 0 bridgehead atoms. The zero-order valence-corrected chi connectivity index (χ0v) is 12.3. The van der Waals surface area contributed by atoms with E-state index in [2.05, 4.69) is 0 Å². The van der Waals surface area contributed by atoms with Crippen LogP contribution >= 0.6 is 0 Å². The van der Waals surface area contributed by atoms with Gasteiger partial charge in [0.05, 0.1) is 0 Å². The SMILES string of the molecule is CN(C#N)C(=O)N(CCc1ccc(O)cc1)C(=O)C=CC(=O)O. The van der Waals surface area contributed by atoms with Gasteiger partial charge in [0, 0.05) is 25.7 Å². The Labute approximate surface area is 132 Å². The summed E-state index contributed by atoms with van der Waals surface area (Å²) in [5, 5.41) is 26.5. The van der Waals surface area contributed by atoms with E-state index in [0.717, 1.165) is 16.5 Å². The van der Waals surface area contributed by atoms with Crippen molar-refractivity contribution in [2.24, 2.45) is 0 Å². The van der Waals surface area contributed by atoms with Crippen molar-refractivity contribution < 1.29 is 24.6 Å². The molecule has 1 aromatic carbocycles. The minimum Gasteiger partial charge on any atom is -0.508 e. The molecule has 0 saturated carbocycles. The number of rotatable bonds is 5. The Morgan fingerprint density at radius 3 is 2.35 bits per heavy atom. The molecular weight excluding hydrogens is 302 g/mol. The molecule has 0 saturated heterocycles. The first-order valence-corrected chi connectivity index (χ1v) is 6.53. The van der Waals surface area contributed by atoms with E-state index in [9.17, 15) is 19.5 Å². The second-order valence-electron chi connectivity index (χ2n) is 4.52. The molecule has 0 aromatic heterocycles. The van der Waals surface area contributed by atoms with E-state index in [-0.39, 0.29) is 18.7 Å². The zero-order valence-electron chi connectivity index (χ0n) is 12.3. The Kier molecular flexibility index (Phi) is 6.30. The number of carboxylic acid groups (broad SMARTS) is 1. The van der Waals surface area contributed by atoms with Crippen molar-refractivity contribution in [3.8, 4) is 11.9 Å². The fraction of sp³-hybridized carbons (Fsp3) is 0.200. The third-order valence-electron chi connectivity index (χ3n) is 2.86. The maximum atomic E-state index is 12.0. The highest BCUT2D eigenvalue weighted by Gasteiger charge is 2.23. The number of urea groups is 1. The standard InChI is InChI=1S/C15H15N3O5/c1-17(10-16)15(23)18(13(20)6-7-14(21)22)9-8-11-2-4-12(19)5-3-11/h2-7,19H,8-9H2,1H3,(H,21,22). The van der Waals surface area contributed by atoms with Gasteiger partial charge in [-0.3, -0.25) is 9.69 Å². The van der Waals surface area contributed by atoms with Crippen LogP contribution in [0.2, 0.25) is 0 Å². The molecule has 120 valence electrons. The highest BCUT2D eigenvalue weighted by atomic mass is 16.4.